The number of hydrogen-bond acceptors (Lipinski definition) is 6. The van der Waals surface area contributed by atoms with Crippen molar-refractivity contribution in [3.05, 3.63) is 73.6 Å². The van der Waals surface area contributed by atoms with Crippen LogP contribution in [0.15, 0.2) is 47.4 Å². The molecule has 146 valence electrons. The van der Waals surface area contributed by atoms with E-state index in [0.717, 1.165) is 0 Å². The molecule has 2 aromatic heterocycles. The number of halogens is 1. The predicted octanol–water partition coefficient (Wildman–Crippen LogP) is 3.04. The Morgan fingerprint density at radius 3 is 2.83 bits per heavy atom. The first-order chi connectivity index (χ1) is 13.9. The SMILES string of the molecule is COc1cc(/C=c2\sc3ncc(-c4cccc(C(=O)O)c4)n3c2=O)cc(Cl)c1O. The van der Waals surface area contributed by atoms with Gasteiger partial charge in [0, 0.05) is 5.56 Å². The second kappa shape index (κ2) is 7.23. The van der Waals surface area contributed by atoms with Crippen LogP contribution in [0.5, 0.6) is 11.5 Å². The number of nitrogens with zero attached hydrogens (tertiary/aromatic N) is 2. The van der Waals surface area contributed by atoms with E-state index in [1.165, 1.54) is 41.0 Å². The molecule has 0 spiro atoms. The van der Waals surface area contributed by atoms with Gasteiger partial charge in [-0.25, -0.2) is 14.2 Å². The molecule has 0 aliphatic carbocycles. The van der Waals surface area contributed by atoms with Crippen molar-refractivity contribution in [2.75, 3.05) is 7.11 Å². The van der Waals surface area contributed by atoms with Gasteiger partial charge in [-0.1, -0.05) is 35.1 Å². The summed E-state index contributed by atoms with van der Waals surface area (Å²) in [6.07, 6.45) is 3.17. The van der Waals surface area contributed by atoms with Gasteiger partial charge in [-0.2, -0.15) is 0 Å². The molecule has 0 aliphatic heterocycles. The Morgan fingerprint density at radius 2 is 2.10 bits per heavy atom. The van der Waals surface area contributed by atoms with Crippen LogP contribution in [0.1, 0.15) is 15.9 Å². The maximum Gasteiger partial charge on any atom is 0.335 e. The number of carbonyl (C=O) groups is 1. The first kappa shape index (κ1) is 19.0. The topological polar surface area (TPSA) is 101 Å². The molecule has 2 aromatic carbocycles. The summed E-state index contributed by atoms with van der Waals surface area (Å²) in [6, 6.07) is 9.42. The lowest BCUT2D eigenvalue weighted by atomic mass is 10.1. The van der Waals surface area contributed by atoms with E-state index < -0.39 is 5.97 Å². The number of phenolic OH excluding ortho intramolecular Hbond substituents is 1. The zero-order valence-corrected chi connectivity index (χ0v) is 16.5. The van der Waals surface area contributed by atoms with E-state index in [-0.39, 0.29) is 27.6 Å². The van der Waals surface area contributed by atoms with Gasteiger partial charge in [0.2, 0.25) is 0 Å². The number of benzene rings is 2. The second-order valence-corrected chi connectivity index (χ2v) is 7.53. The molecule has 4 rings (SSSR count). The highest BCUT2D eigenvalue weighted by molar-refractivity contribution is 7.15. The molecule has 29 heavy (non-hydrogen) atoms. The summed E-state index contributed by atoms with van der Waals surface area (Å²) in [6.45, 7) is 0. The molecule has 2 heterocycles. The minimum absolute atomic E-state index is 0.107. The van der Waals surface area contributed by atoms with E-state index in [0.29, 0.717) is 26.3 Å². The van der Waals surface area contributed by atoms with Crippen LogP contribution in [-0.2, 0) is 0 Å². The van der Waals surface area contributed by atoms with Crippen molar-refractivity contribution in [2.45, 2.75) is 0 Å². The molecular formula is C20H13ClN2O5S. The number of imidazole rings is 1. The van der Waals surface area contributed by atoms with Gasteiger partial charge in [-0.05, 0) is 35.9 Å². The van der Waals surface area contributed by atoms with E-state index in [4.69, 9.17) is 16.3 Å². The van der Waals surface area contributed by atoms with Crippen LogP contribution in [0, 0.1) is 0 Å². The summed E-state index contributed by atoms with van der Waals surface area (Å²) in [5, 5.41) is 19.2. The Balaban J connectivity index is 1.88. The Hall–Kier alpha value is -3.36. The van der Waals surface area contributed by atoms with Gasteiger partial charge in [0.25, 0.3) is 5.56 Å². The molecule has 0 radical (unpaired) electrons. The van der Waals surface area contributed by atoms with Crippen LogP contribution >= 0.6 is 22.9 Å². The number of ether oxygens (including phenoxy) is 1. The third-order valence-electron chi connectivity index (χ3n) is 4.32. The maximum absolute atomic E-state index is 13.0. The van der Waals surface area contributed by atoms with Gasteiger partial charge in [-0.3, -0.25) is 4.79 Å². The van der Waals surface area contributed by atoms with Crippen LogP contribution in [-0.4, -0.2) is 32.7 Å². The minimum Gasteiger partial charge on any atom is -0.503 e. The first-order valence-corrected chi connectivity index (χ1v) is 9.50. The number of fused-ring (bicyclic) bond motifs is 1. The monoisotopic (exact) mass is 428 g/mol. The van der Waals surface area contributed by atoms with Crippen LogP contribution in [0.25, 0.3) is 22.3 Å². The average Bonchev–Trinajstić information content (AvgIpc) is 3.25. The zero-order chi connectivity index (χ0) is 20.7. The van der Waals surface area contributed by atoms with Gasteiger partial charge in [0.05, 0.1) is 34.1 Å². The summed E-state index contributed by atoms with van der Waals surface area (Å²) in [5.41, 5.74) is 1.50. The molecule has 0 atom stereocenters. The number of aromatic nitrogens is 2. The maximum atomic E-state index is 13.0. The van der Waals surface area contributed by atoms with E-state index >= 15 is 0 Å². The number of thiazole rings is 1. The van der Waals surface area contributed by atoms with Crippen LogP contribution < -0.4 is 14.8 Å². The molecule has 0 saturated carbocycles. The number of hydrogen-bond donors (Lipinski definition) is 2. The van der Waals surface area contributed by atoms with Crippen LogP contribution in [0.4, 0.5) is 0 Å². The number of aromatic carboxylic acids is 1. The van der Waals surface area contributed by atoms with Crippen molar-refractivity contribution in [2.24, 2.45) is 0 Å². The largest absolute Gasteiger partial charge is 0.503 e. The molecule has 2 N–H and O–H groups in total. The highest BCUT2D eigenvalue weighted by Crippen LogP contribution is 2.35. The fourth-order valence-corrected chi connectivity index (χ4v) is 4.11. The highest BCUT2D eigenvalue weighted by atomic mass is 35.5. The molecule has 0 saturated heterocycles. The van der Waals surface area contributed by atoms with E-state index in [2.05, 4.69) is 4.98 Å². The number of carboxylic acid groups (broad SMARTS) is 1. The standard InChI is InChI=1S/C20H13ClN2O5S/c1-28-15-6-10(5-13(21)17(15)24)7-16-18(25)23-14(9-22-20(23)29-16)11-3-2-4-12(8-11)19(26)27/h2-9,24H,1H3,(H,26,27)/b16-7-. The Bertz CT molecular complexity index is 1380. The molecule has 0 unspecified atom stereocenters. The third-order valence-corrected chi connectivity index (χ3v) is 5.59. The van der Waals surface area contributed by atoms with Crippen molar-refractivity contribution < 1.29 is 19.7 Å². The molecule has 7 nitrogen and oxygen atoms in total. The van der Waals surface area contributed by atoms with Crippen molar-refractivity contribution >= 4 is 39.9 Å². The van der Waals surface area contributed by atoms with Crippen molar-refractivity contribution in [1.29, 1.82) is 0 Å². The van der Waals surface area contributed by atoms with Crippen molar-refractivity contribution in [3.63, 3.8) is 0 Å². The molecule has 0 aliphatic rings. The fraction of sp³-hybridized carbons (Fsp3) is 0.0500. The van der Waals surface area contributed by atoms with Crippen LogP contribution in [0.2, 0.25) is 5.02 Å². The van der Waals surface area contributed by atoms with Crippen molar-refractivity contribution in [3.8, 4) is 22.8 Å². The lowest BCUT2D eigenvalue weighted by molar-refractivity contribution is 0.0697. The Kier molecular flexibility index (Phi) is 4.73. The quantitative estimate of drug-likeness (QED) is 0.518. The minimum atomic E-state index is -1.05. The van der Waals surface area contributed by atoms with Crippen LogP contribution in [0.3, 0.4) is 0 Å². The molecular weight excluding hydrogens is 416 g/mol. The first-order valence-electron chi connectivity index (χ1n) is 8.31. The Labute approximate surface area is 172 Å². The van der Waals surface area contributed by atoms with Gasteiger partial charge in [0.1, 0.15) is 0 Å². The molecule has 0 bridgehead atoms. The van der Waals surface area contributed by atoms with Gasteiger partial charge < -0.3 is 14.9 Å². The third kappa shape index (κ3) is 3.32. The summed E-state index contributed by atoms with van der Waals surface area (Å²) < 4.78 is 6.94. The summed E-state index contributed by atoms with van der Waals surface area (Å²) >= 11 is 7.21. The number of aromatic hydroxyl groups is 1. The smallest absolute Gasteiger partial charge is 0.335 e. The van der Waals surface area contributed by atoms with E-state index in [1.807, 2.05) is 0 Å². The number of phenols is 1. The van der Waals surface area contributed by atoms with Gasteiger partial charge >= 0.3 is 5.97 Å². The fourth-order valence-electron chi connectivity index (χ4n) is 2.95. The van der Waals surface area contributed by atoms with E-state index in [1.54, 1.807) is 30.5 Å². The predicted molar refractivity (Wildman–Crippen MR) is 110 cm³/mol. The van der Waals surface area contributed by atoms with Crippen molar-refractivity contribution in [1.82, 2.24) is 9.38 Å². The molecule has 0 fully saturated rings. The van der Waals surface area contributed by atoms with E-state index in [9.17, 15) is 19.8 Å². The van der Waals surface area contributed by atoms with Gasteiger partial charge in [-0.15, -0.1) is 0 Å². The second-order valence-electron chi connectivity index (χ2n) is 6.12. The zero-order valence-electron chi connectivity index (χ0n) is 14.9. The van der Waals surface area contributed by atoms with Gasteiger partial charge in [0.15, 0.2) is 16.5 Å². The number of methoxy groups -OCH3 is 1. The lowest BCUT2D eigenvalue weighted by Crippen LogP contribution is -2.23. The summed E-state index contributed by atoms with van der Waals surface area (Å²) in [7, 11) is 1.41. The highest BCUT2D eigenvalue weighted by Gasteiger charge is 2.14. The normalized spacial score (nSPS) is 11.9. The summed E-state index contributed by atoms with van der Waals surface area (Å²) in [5.74, 6) is -1.02. The molecule has 9 heteroatoms. The Morgan fingerprint density at radius 1 is 1.31 bits per heavy atom. The number of rotatable bonds is 4. The number of carboxylic acids is 1. The average molecular weight is 429 g/mol. The molecule has 4 aromatic rings. The lowest BCUT2D eigenvalue weighted by Gasteiger charge is -2.05. The molecule has 0 amide bonds. The summed E-state index contributed by atoms with van der Waals surface area (Å²) in [4.78, 5) is 29.0.